The standard InChI is InChI=1S/C14H22N2/c1-14(2,3)10-16-7-11-4-5-12-8-15-9-13(12)6-11/h4-6,15-16H,7-10H2,1-3H3. The van der Waals surface area contributed by atoms with Gasteiger partial charge in [0.25, 0.3) is 0 Å². The van der Waals surface area contributed by atoms with Crippen LogP contribution in [-0.4, -0.2) is 6.54 Å². The van der Waals surface area contributed by atoms with Crippen molar-refractivity contribution in [1.82, 2.24) is 10.6 Å². The number of fused-ring (bicyclic) bond motifs is 1. The molecule has 2 N–H and O–H groups in total. The molecule has 1 aliphatic rings. The third-order valence-corrected chi connectivity index (χ3v) is 2.89. The summed E-state index contributed by atoms with van der Waals surface area (Å²) in [7, 11) is 0. The van der Waals surface area contributed by atoms with E-state index in [1.165, 1.54) is 16.7 Å². The van der Waals surface area contributed by atoms with Gasteiger partial charge in [-0.3, -0.25) is 0 Å². The summed E-state index contributed by atoms with van der Waals surface area (Å²) in [6.07, 6.45) is 0. The Balaban J connectivity index is 1.91. The number of hydrogen-bond donors (Lipinski definition) is 2. The normalized spacial score (nSPS) is 15.2. The van der Waals surface area contributed by atoms with E-state index in [-0.39, 0.29) is 0 Å². The van der Waals surface area contributed by atoms with E-state index in [9.17, 15) is 0 Å². The van der Waals surface area contributed by atoms with E-state index in [4.69, 9.17) is 0 Å². The van der Waals surface area contributed by atoms with Crippen LogP contribution in [0.15, 0.2) is 18.2 Å². The molecule has 0 aromatic heterocycles. The molecule has 2 heteroatoms. The summed E-state index contributed by atoms with van der Waals surface area (Å²) < 4.78 is 0. The highest BCUT2D eigenvalue weighted by atomic mass is 14.9. The van der Waals surface area contributed by atoms with Gasteiger partial charge in [0.15, 0.2) is 0 Å². The van der Waals surface area contributed by atoms with Crippen LogP contribution in [0.25, 0.3) is 0 Å². The van der Waals surface area contributed by atoms with Gasteiger partial charge >= 0.3 is 0 Å². The van der Waals surface area contributed by atoms with Gasteiger partial charge in [0.2, 0.25) is 0 Å². The highest BCUT2D eigenvalue weighted by Crippen LogP contribution is 2.17. The van der Waals surface area contributed by atoms with Crippen LogP contribution in [0.2, 0.25) is 0 Å². The van der Waals surface area contributed by atoms with Gasteiger partial charge in [-0.15, -0.1) is 0 Å². The van der Waals surface area contributed by atoms with Gasteiger partial charge in [-0.25, -0.2) is 0 Å². The van der Waals surface area contributed by atoms with Crippen LogP contribution in [0.3, 0.4) is 0 Å². The average Bonchev–Trinajstić information content (AvgIpc) is 2.62. The highest BCUT2D eigenvalue weighted by Gasteiger charge is 2.11. The molecule has 0 saturated heterocycles. The Hall–Kier alpha value is -0.860. The van der Waals surface area contributed by atoms with Crippen molar-refractivity contribution in [2.45, 2.75) is 40.4 Å². The predicted molar refractivity (Wildman–Crippen MR) is 68.1 cm³/mol. The summed E-state index contributed by atoms with van der Waals surface area (Å²) >= 11 is 0. The molecule has 0 aliphatic carbocycles. The Morgan fingerprint density at radius 1 is 1.19 bits per heavy atom. The number of nitrogens with one attached hydrogen (secondary N) is 2. The van der Waals surface area contributed by atoms with Crippen molar-refractivity contribution in [2.75, 3.05) is 6.54 Å². The van der Waals surface area contributed by atoms with Gasteiger partial charge in [0.05, 0.1) is 0 Å². The van der Waals surface area contributed by atoms with E-state index < -0.39 is 0 Å². The number of benzene rings is 1. The monoisotopic (exact) mass is 218 g/mol. The van der Waals surface area contributed by atoms with Gasteiger partial charge in [-0.05, 0) is 22.1 Å². The second-order valence-electron chi connectivity index (χ2n) is 5.87. The van der Waals surface area contributed by atoms with Crippen LogP contribution in [0.5, 0.6) is 0 Å². The minimum Gasteiger partial charge on any atom is -0.312 e. The van der Waals surface area contributed by atoms with Gasteiger partial charge < -0.3 is 10.6 Å². The zero-order valence-electron chi connectivity index (χ0n) is 10.6. The molecule has 1 heterocycles. The summed E-state index contributed by atoms with van der Waals surface area (Å²) in [6, 6.07) is 6.82. The first-order valence-corrected chi connectivity index (χ1v) is 6.07. The van der Waals surface area contributed by atoms with Crippen molar-refractivity contribution in [2.24, 2.45) is 5.41 Å². The molecule has 0 bridgehead atoms. The molecule has 0 fully saturated rings. The largest absolute Gasteiger partial charge is 0.312 e. The van der Waals surface area contributed by atoms with Crippen molar-refractivity contribution in [1.29, 1.82) is 0 Å². The maximum atomic E-state index is 3.51. The Labute approximate surface area is 98.4 Å². The minimum absolute atomic E-state index is 0.359. The molecule has 2 rings (SSSR count). The second-order valence-corrected chi connectivity index (χ2v) is 5.87. The number of hydrogen-bond acceptors (Lipinski definition) is 2. The summed E-state index contributed by atoms with van der Waals surface area (Å²) in [6.45, 7) is 10.9. The lowest BCUT2D eigenvalue weighted by atomic mass is 9.97. The molecule has 2 nitrogen and oxygen atoms in total. The van der Waals surface area contributed by atoms with E-state index in [0.717, 1.165) is 26.2 Å². The highest BCUT2D eigenvalue weighted by molar-refractivity contribution is 5.34. The van der Waals surface area contributed by atoms with E-state index in [0.29, 0.717) is 5.41 Å². The Bertz CT molecular complexity index is 363. The fourth-order valence-electron chi connectivity index (χ4n) is 2.04. The molecule has 0 amide bonds. The van der Waals surface area contributed by atoms with Gasteiger partial charge in [-0.1, -0.05) is 39.0 Å². The van der Waals surface area contributed by atoms with Crippen LogP contribution in [-0.2, 0) is 19.6 Å². The maximum Gasteiger partial charge on any atom is 0.0212 e. The first kappa shape index (κ1) is 11.6. The average molecular weight is 218 g/mol. The zero-order chi connectivity index (χ0) is 11.6. The smallest absolute Gasteiger partial charge is 0.0212 e. The third-order valence-electron chi connectivity index (χ3n) is 2.89. The lowest BCUT2D eigenvalue weighted by Gasteiger charge is -2.18. The first-order chi connectivity index (χ1) is 7.54. The van der Waals surface area contributed by atoms with Gasteiger partial charge in [0.1, 0.15) is 0 Å². The minimum atomic E-state index is 0.359. The van der Waals surface area contributed by atoms with Crippen molar-refractivity contribution in [3.63, 3.8) is 0 Å². The fraction of sp³-hybridized carbons (Fsp3) is 0.571. The molecule has 1 aromatic rings. The lowest BCUT2D eigenvalue weighted by molar-refractivity contribution is 0.379. The van der Waals surface area contributed by atoms with E-state index in [1.54, 1.807) is 0 Å². The van der Waals surface area contributed by atoms with Crippen molar-refractivity contribution < 1.29 is 0 Å². The van der Waals surface area contributed by atoms with Crippen molar-refractivity contribution in [3.8, 4) is 0 Å². The molecule has 0 radical (unpaired) electrons. The molecular formula is C14H22N2. The van der Waals surface area contributed by atoms with Crippen LogP contribution < -0.4 is 10.6 Å². The molecule has 0 unspecified atom stereocenters. The number of rotatable bonds is 3. The van der Waals surface area contributed by atoms with E-state index >= 15 is 0 Å². The van der Waals surface area contributed by atoms with Crippen molar-refractivity contribution in [3.05, 3.63) is 34.9 Å². The first-order valence-electron chi connectivity index (χ1n) is 6.07. The molecule has 16 heavy (non-hydrogen) atoms. The Morgan fingerprint density at radius 2 is 1.94 bits per heavy atom. The topological polar surface area (TPSA) is 24.1 Å². The lowest BCUT2D eigenvalue weighted by Crippen LogP contribution is -2.26. The third kappa shape index (κ3) is 3.06. The van der Waals surface area contributed by atoms with E-state index in [1.807, 2.05) is 0 Å². The second kappa shape index (κ2) is 4.56. The molecule has 0 saturated carbocycles. The SMILES string of the molecule is CC(C)(C)CNCc1ccc2c(c1)CNC2. The maximum absolute atomic E-state index is 3.51. The van der Waals surface area contributed by atoms with E-state index in [2.05, 4.69) is 49.6 Å². The Kier molecular flexibility index (Phi) is 3.31. The molecule has 1 aliphatic heterocycles. The summed E-state index contributed by atoms with van der Waals surface area (Å²) in [5, 5.41) is 6.89. The molecule has 0 atom stereocenters. The molecule has 1 aromatic carbocycles. The fourth-order valence-corrected chi connectivity index (χ4v) is 2.04. The zero-order valence-corrected chi connectivity index (χ0v) is 10.6. The molecular weight excluding hydrogens is 196 g/mol. The summed E-state index contributed by atoms with van der Waals surface area (Å²) in [5.74, 6) is 0. The van der Waals surface area contributed by atoms with Gasteiger partial charge in [-0.2, -0.15) is 0 Å². The molecule has 88 valence electrons. The van der Waals surface area contributed by atoms with Crippen LogP contribution in [0.4, 0.5) is 0 Å². The predicted octanol–water partition coefficient (Wildman–Crippen LogP) is 2.43. The van der Waals surface area contributed by atoms with Crippen LogP contribution in [0, 0.1) is 5.41 Å². The Morgan fingerprint density at radius 3 is 2.69 bits per heavy atom. The van der Waals surface area contributed by atoms with Gasteiger partial charge in [0, 0.05) is 26.2 Å². The summed E-state index contributed by atoms with van der Waals surface area (Å²) in [5.41, 5.74) is 4.68. The quantitative estimate of drug-likeness (QED) is 0.814. The molecule has 0 spiro atoms. The summed E-state index contributed by atoms with van der Waals surface area (Å²) in [4.78, 5) is 0. The van der Waals surface area contributed by atoms with Crippen LogP contribution >= 0.6 is 0 Å². The van der Waals surface area contributed by atoms with Crippen LogP contribution in [0.1, 0.15) is 37.5 Å². The van der Waals surface area contributed by atoms with Crippen molar-refractivity contribution >= 4 is 0 Å².